The number of aliphatic carboxylic acids is 1. The number of aromatic nitrogens is 2. The molecule has 1 N–H and O–H groups in total. The van der Waals surface area contributed by atoms with E-state index in [9.17, 15) is 9.90 Å². The number of benzene rings is 1. The number of fused-ring (bicyclic) bond motifs is 1. The summed E-state index contributed by atoms with van der Waals surface area (Å²) in [6.07, 6.45) is 9.98. The number of aryl methyl sites for hydroxylation is 1. The summed E-state index contributed by atoms with van der Waals surface area (Å²) in [6, 6.07) is 8.10. The molecule has 1 aliphatic rings. The van der Waals surface area contributed by atoms with Crippen molar-refractivity contribution in [3.63, 3.8) is 0 Å². The van der Waals surface area contributed by atoms with Crippen LogP contribution in [-0.2, 0) is 11.2 Å². The average molecular weight is 462 g/mol. The third kappa shape index (κ3) is 6.36. The summed E-state index contributed by atoms with van der Waals surface area (Å²) in [5.41, 5.74) is 2.27. The zero-order valence-corrected chi connectivity index (χ0v) is 19.6. The topological polar surface area (TPSA) is 88.7 Å². The van der Waals surface area contributed by atoms with E-state index in [1.165, 1.54) is 12.0 Å². The lowest BCUT2D eigenvalue weighted by molar-refractivity contribution is -0.137. The molecular formula is C27H31N3O4. The third-order valence-electron chi connectivity index (χ3n) is 6.71. The largest absolute Gasteiger partial charge is 0.497 e. The monoisotopic (exact) mass is 461 g/mol. The van der Waals surface area contributed by atoms with Crippen molar-refractivity contribution in [3.8, 4) is 17.6 Å². The second-order valence-electron chi connectivity index (χ2n) is 8.89. The molecular weight excluding hydrogens is 430 g/mol. The smallest absolute Gasteiger partial charge is 0.303 e. The molecule has 3 aromatic rings. The standard InChI is InChI=1S/C27H31N3O4/c1-33-23-8-9-26-25(16-23)21(11-13-29-26)5-2-4-20-12-15-30(18-22(20)7-10-27(31)32)14-3-6-24-17-28-19-34-24/h8-9,11,13,16-17,19-20,22H,2,4-5,7,10,12,14-15,18H2,1H3,(H,31,32)/t20-,22+/m1/s1. The van der Waals surface area contributed by atoms with Crippen LogP contribution in [0.4, 0.5) is 0 Å². The number of oxazole rings is 1. The summed E-state index contributed by atoms with van der Waals surface area (Å²) in [6.45, 7) is 2.52. The van der Waals surface area contributed by atoms with Gasteiger partial charge in [-0.05, 0) is 86.2 Å². The van der Waals surface area contributed by atoms with Crippen LogP contribution in [0.25, 0.3) is 10.9 Å². The van der Waals surface area contributed by atoms with Gasteiger partial charge in [-0.25, -0.2) is 4.98 Å². The van der Waals surface area contributed by atoms with Crippen molar-refractivity contribution in [3.05, 3.63) is 54.4 Å². The minimum Gasteiger partial charge on any atom is -0.497 e. The first kappa shape index (κ1) is 23.8. The molecule has 0 spiro atoms. The van der Waals surface area contributed by atoms with Crippen LogP contribution >= 0.6 is 0 Å². The van der Waals surface area contributed by atoms with E-state index in [0.29, 0.717) is 30.6 Å². The molecule has 3 heterocycles. The van der Waals surface area contributed by atoms with Gasteiger partial charge < -0.3 is 14.3 Å². The highest BCUT2D eigenvalue weighted by Crippen LogP contribution is 2.32. The van der Waals surface area contributed by atoms with Gasteiger partial charge >= 0.3 is 5.97 Å². The van der Waals surface area contributed by atoms with Crippen LogP contribution in [0.3, 0.4) is 0 Å². The molecule has 2 aromatic heterocycles. The maximum absolute atomic E-state index is 11.2. The Morgan fingerprint density at radius 2 is 2.21 bits per heavy atom. The molecule has 7 heteroatoms. The molecule has 34 heavy (non-hydrogen) atoms. The highest BCUT2D eigenvalue weighted by Gasteiger charge is 2.29. The van der Waals surface area contributed by atoms with E-state index in [4.69, 9.17) is 9.15 Å². The minimum atomic E-state index is -0.724. The van der Waals surface area contributed by atoms with Crippen LogP contribution in [0, 0.1) is 23.7 Å². The molecule has 0 saturated carbocycles. The van der Waals surface area contributed by atoms with E-state index in [1.54, 1.807) is 13.3 Å². The highest BCUT2D eigenvalue weighted by molar-refractivity contribution is 5.83. The van der Waals surface area contributed by atoms with Gasteiger partial charge in [-0.15, -0.1) is 0 Å². The number of carbonyl (C=O) groups is 1. The zero-order chi connectivity index (χ0) is 23.8. The fraction of sp³-hybridized carbons (Fsp3) is 0.444. The quantitative estimate of drug-likeness (QED) is 0.472. The number of ether oxygens (including phenoxy) is 1. The zero-order valence-electron chi connectivity index (χ0n) is 19.6. The number of piperidine rings is 1. The number of pyridine rings is 1. The number of methoxy groups -OCH3 is 1. The first-order valence-corrected chi connectivity index (χ1v) is 11.9. The number of carboxylic acid groups (broad SMARTS) is 1. The SMILES string of the molecule is COc1ccc2nccc(CCC[C@@H]3CCN(CC#Cc4cnco4)C[C@@H]3CCC(=O)O)c2c1. The summed E-state index contributed by atoms with van der Waals surface area (Å²) in [5, 5.41) is 10.4. The molecule has 0 unspecified atom stereocenters. The molecule has 7 nitrogen and oxygen atoms in total. The Morgan fingerprint density at radius 3 is 3.00 bits per heavy atom. The minimum absolute atomic E-state index is 0.216. The van der Waals surface area contributed by atoms with Crippen LogP contribution in [0.15, 0.2) is 47.5 Å². The van der Waals surface area contributed by atoms with E-state index >= 15 is 0 Å². The van der Waals surface area contributed by atoms with Gasteiger partial charge in [-0.2, -0.15) is 0 Å². The van der Waals surface area contributed by atoms with Crippen molar-refractivity contribution in [2.45, 2.75) is 38.5 Å². The second kappa shape index (κ2) is 11.7. The molecule has 1 aromatic carbocycles. The van der Waals surface area contributed by atoms with Crippen molar-refractivity contribution in [1.82, 2.24) is 14.9 Å². The molecule has 1 fully saturated rings. The third-order valence-corrected chi connectivity index (χ3v) is 6.71. The van der Waals surface area contributed by atoms with Gasteiger partial charge in [0.05, 0.1) is 25.4 Å². The number of hydrogen-bond donors (Lipinski definition) is 1. The first-order valence-electron chi connectivity index (χ1n) is 11.9. The Morgan fingerprint density at radius 1 is 1.29 bits per heavy atom. The Kier molecular flexibility index (Phi) is 8.16. The first-order chi connectivity index (χ1) is 16.6. The van der Waals surface area contributed by atoms with Crippen LogP contribution in [0.2, 0.25) is 0 Å². The van der Waals surface area contributed by atoms with Gasteiger partial charge in [0, 0.05) is 24.5 Å². The van der Waals surface area contributed by atoms with Gasteiger partial charge in [0.15, 0.2) is 12.2 Å². The molecule has 1 saturated heterocycles. The fourth-order valence-electron chi connectivity index (χ4n) is 4.91. The predicted molar refractivity (Wildman–Crippen MR) is 130 cm³/mol. The van der Waals surface area contributed by atoms with Crippen molar-refractivity contribution < 1.29 is 19.1 Å². The second-order valence-corrected chi connectivity index (χ2v) is 8.89. The van der Waals surface area contributed by atoms with Gasteiger partial charge in [0.1, 0.15) is 5.75 Å². The maximum Gasteiger partial charge on any atom is 0.303 e. The molecule has 0 amide bonds. The van der Waals surface area contributed by atoms with Crippen LogP contribution in [-0.4, -0.2) is 52.7 Å². The molecule has 1 aliphatic heterocycles. The number of nitrogens with zero attached hydrogens (tertiary/aromatic N) is 3. The van der Waals surface area contributed by atoms with Gasteiger partial charge in [0.2, 0.25) is 0 Å². The summed E-state index contributed by atoms with van der Waals surface area (Å²) in [7, 11) is 1.68. The van der Waals surface area contributed by atoms with E-state index in [0.717, 1.165) is 55.4 Å². The fourth-order valence-corrected chi connectivity index (χ4v) is 4.91. The van der Waals surface area contributed by atoms with Crippen LogP contribution < -0.4 is 4.74 Å². The summed E-state index contributed by atoms with van der Waals surface area (Å²) in [4.78, 5) is 21.9. The van der Waals surface area contributed by atoms with E-state index < -0.39 is 5.97 Å². The van der Waals surface area contributed by atoms with Crippen molar-refractivity contribution >= 4 is 16.9 Å². The summed E-state index contributed by atoms with van der Waals surface area (Å²) in [5.74, 6) is 7.73. The molecule has 0 bridgehead atoms. The molecule has 4 rings (SSSR count). The van der Waals surface area contributed by atoms with E-state index in [2.05, 4.69) is 38.8 Å². The normalized spacial score (nSPS) is 18.4. The number of likely N-dealkylation sites (tertiary alicyclic amines) is 1. The number of hydrogen-bond acceptors (Lipinski definition) is 6. The maximum atomic E-state index is 11.2. The van der Waals surface area contributed by atoms with Gasteiger partial charge in [0.25, 0.3) is 0 Å². The highest BCUT2D eigenvalue weighted by atomic mass is 16.5. The Balaban J connectivity index is 1.35. The average Bonchev–Trinajstić information content (AvgIpc) is 3.37. The number of rotatable bonds is 9. The Bertz CT molecular complexity index is 1150. The van der Waals surface area contributed by atoms with Crippen LogP contribution in [0.1, 0.15) is 43.4 Å². The van der Waals surface area contributed by atoms with E-state index in [-0.39, 0.29) is 6.42 Å². The van der Waals surface area contributed by atoms with Crippen molar-refractivity contribution in [1.29, 1.82) is 0 Å². The molecule has 2 atom stereocenters. The van der Waals surface area contributed by atoms with E-state index in [1.807, 2.05) is 18.3 Å². The van der Waals surface area contributed by atoms with Crippen molar-refractivity contribution in [2.24, 2.45) is 11.8 Å². The van der Waals surface area contributed by atoms with Gasteiger partial charge in [-0.1, -0.05) is 5.92 Å². The lowest BCUT2D eigenvalue weighted by Gasteiger charge is -2.38. The molecule has 178 valence electrons. The van der Waals surface area contributed by atoms with Gasteiger partial charge in [-0.3, -0.25) is 14.7 Å². The lowest BCUT2D eigenvalue weighted by atomic mass is 9.79. The predicted octanol–water partition coefficient (Wildman–Crippen LogP) is 4.41. The summed E-state index contributed by atoms with van der Waals surface area (Å²) >= 11 is 0. The summed E-state index contributed by atoms with van der Waals surface area (Å²) < 4.78 is 10.6. The number of carboxylic acids is 1. The molecule has 0 aliphatic carbocycles. The Labute approximate surface area is 200 Å². The lowest BCUT2D eigenvalue weighted by Crippen LogP contribution is -2.41. The Hall–Kier alpha value is -3.37. The van der Waals surface area contributed by atoms with Crippen molar-refractivity contribution in [2.75, 3.05) is 26.7 Å². The van der Waals surface area contributed by atoms with Crippen LogP contribution in [0.5, 0.6) is 5.75 Å². The molecule has 0 radical (unpaired) electrons.